The number of hydrogen-bond donors (Lipinski definition) is 2. The molecule has 1 saturated heterocycles. The van der Waals surface area contributed by atoms with Gasteiger partial charge in [0.2, 0.25) is 0 Å². The quantitative estimate of drug-likeness (QED) is 0.216. The molecular weight excluding hydrogens is 119 g/mol. The Balaban J connectivity index is 2.28. The van der Waals surface area contributed by atoms with Crippen LogP contribution in [0.2, 0.25) is 0 Å². The molecule has 3 N–H and O–H groups in total. The second kappa shape index (κ2) is 1.32. The normalized spacial score (nSPS) is 43.0. The molecule has 6 heavy (non-hydrogen) atoms. The SMILES string of the molecule is NC1(NP)OS1. The fourth-order valence-electron chi connectivity index (χ4n) is 0.0930. The van der Waals surface area contributed by atoms with Crippen LogP contribution in [0.3, 0.4) is 0 Å². The molecule has 1 aliphatic heterocycles. The predicted octanol–water partition coefficient (Wildman–Crippen LogP) is -0.386. The van der Waals surface area contributed by atoms with Crippen LogP contribution < -0.4 is 10.8 Å². The highest BCUT2D eigenvalue weighted by Crippen LogP contribution is 2.39. The molecule has 1 fully saturated rings. The first-order valence-electron chi connectivity index (χ1n) is 1.40. The van der Waals surface area contributed by atoms with Crippen molar-refractivity contribution in [3.8, 4) is 0 Å². The highest BCUT2D eigenvalue weighted by atomic mass is 32.2. The molecular formula is CH5N2OPS. The summed E-state index contributed by atoms with van der Waals surface area (Å²) in [6, 6.07) is 0. The van der Waals surface area contributed by atoms with Crippen LogP contribution in [0.4, 0.5) is 0 Å². The Bertz CT molecular complexity index is 64.6. The number of rotatable bonds is 1. The van der Waals surface area contributed by atoms with E-state index in [1.54, 1.807) is 0 Å². The highest BCUT2D eigenvalue weighted by Gasteiger charge is 2.41. The van der Waals surface area contributed by atoms with Crippen molar-refractivity contribution in [2.24, 2.45) is 5.73 Å². The van der Waals surface area contributed by atoms with Crippen molar-refractivity contribution in [1.29, 1.82) is 0 Å². The molecule has 36 valence electrons. The van der Waals surface area contributed by atoms with E-state index in [0.717, 1.165) is 0 Å². The fourth-order valence-corrected chi connectivity index (χ4v) is 0.568. The number of hydrogen-bond acceptors (Lipinski definition) is 4. The lowest BCUT2D eigenvalue weighted by Crippen LogP contribution is -2.32. The van der Waals surface area contributed by atoms with E-state index >= 15 is 0 Å². The van der Waals surface area contributed by atoms with E-state index in [4.69, 9.17) is 5.73 Å². The van der Waals surface area contributed by atoms with Gasteiger partial charge in [0.1, 0.15) is 0 Å². The highest BCUT2D eigenvalue weighted by molar-refractivity contribution is 8.01. The van der Waals surface area contributed by atoms with E-state index < -0.39 is 5.18 Å². The van der Waals surface area contributed by atoms with Crippen molar-refractivity contribution in [3.05, 3.63) is 0 Å². The van der Waals surface area contributed by atoms with Gasteiger partial charge >= 0.3 is 0 Å². The largest absolute Gasteiger partial charge is 0.278 e. The minimum atomic E-state index is -0.579. The van der Waals surface area contributed by atoms with Crippen molar-refractivity contribution < 1.29 is 4.18 Å². The second-order valence-corrected chi connectivity index (χ2v) is 2.21. The van der Waals surface area contributed by atoms with Gasteiger partial charge < -0.3 is 0 Å². The van der Waals surface area contributed by atoms with E-state index in [1.165, 1.54) is 12.0 Å². The van der Waals surface area contributed by atoms with Crippen molar-refractivity contribution in [3.63, 3.8) is 0 Å². The average molecular weight is 124 g/mol. The molecule has 3 nitrogen and oxygen atoms in total. The van der Waals surface area contributed by atoms with Gasteiger partial charge in [-0.2, -0.15) is 0 Å². The first-order chi connectivity index (χ1) is 2.77. The predicted molar refractivity (Wildman–Crippen MR) is 28.4 cm³/mol. The van der Waals surface area contributed by atoms with Crippen LogP contribution in [-0.2, 0) is 4.18 Å². The van der Waals surface area contributed by atoms with Crippen molar-refractivity contribution in [2.75, 3.05) is 0 Å². The molecule has 0 bridgehead atoms. The zero-order chi connectivity index (χ0) is 4.62. The molecule has 1 aliphatic rings. The first-order valence-corrected chi connectivity index (χ1v) is 2.72. The number of nitrogens with one attached hydrogen (secondary N) is 1. The zero-order valence-corrected chi connectivity index (χ0v) is 4.94. The van der Waals surface area contributed by atoms with Crippen LogP contribution >= 0.6 is 21.4 Å². The van der Waals surface area contributed by atoms with Gasteiger partial charge in [-0.25, -0.2) is 5.09 Å². The van der Waals surface area contributed by atoms with E-state index in [9.17, 15) is 0 Å². The summed E-state index contributed by atoms with van der Waals surface area (Å²) in [6.07, 6.45) is 0. The molecule has 1 heterocycles. The van der Waals surface area contributed by atoms with Gasteiger partial charge in [0.15, 0.2) is 0 Å². The van der Waals surface area contributed by atoms with Crippen molar-refractivity contribution in [2.45, 2.75) is 5.18 Å². The molecule has 0 amide bonds. The Morgan fingerprint density at radius 3 is 2.50 bits per heavy atom. The van der Waals surface area contributed by atoms with Gasteiger partial charge in [0.05, 0.1) is 12.0 Å². The van der Waals surface area contributed by atoms with E-state index in [0.29, 0.717) is 0 Å². The molecule has 1 rings (SSSR count). The Labute approximate surface area is 42.5 Å². The Hall–Kier alpha value is 0.660. The maximum atomic E-state index is 5.25. The molecule has 0 aromatic carbocycles. The Kier molecular flexibility index (Phi) is 1.06. The molecule has 0 spiro atoms. The lowest BCUT2D eigenvalue weighted by molar-refractivity contribution is 0.317. The molecule has 0 radical (unpaired) electrons. The fraction of sp³-hybridized carbons (Fsp3) is 1.00. The average Bonchev–Trinajstić information content (AvgIpc) is 2.22. The maximum Gasteiger partial charge on any atom is 0.263 e. The number of nitrogens with two attached hydrogens (primary N) is 1. The summed E-state index contributed by atoms with van der Waals surface area (Å²) in [4.78, 5) is 0. The summed E-state index contributed by atoms with van der Waals surface area (Å²) in [5, 5.41) is 2.07. The van der Waals surface area contributed by atoms with Crippen molar-refractivity contribution in [1.82, 2.24) is 5.09 Å². The second-order valence-electron chi connectivity index (χ2n) is 0.979. The van der Waals surface area contributed by atoms with Crippen LogP contribution in [0, 0.1) is 0 Å². The lowest BCUT2D eigenvalue weighted by Gasteiger charge is -1.93. The van der Waals surface area contributed by atoms with Gasteiger partial charge in [0, 0.05) is 0 Å². The molecule has 0 saturated carbocycles. The van der Waals surface area contributed by atoms with Gasteiger partial charge in [-0.05, 0) is 0 Å². The molecule has 0 aromatic rings. The van der Waals surface area contributed by atoms with Crippen LogP contribution in [0.5, 0.6) is 0 Å². The zero-order valence-electron chi connectivity index (χ0n) is 2.97. The summed E-state index contributed by atoms with van der Waals surface area (Å²) in [5.41, 5.74) is 5.25. The van der Waals surface area contributed by atoms with Gasteiger partial charge in [-0.3, -0.25) is 9.92 Å². The summed E-state index contributed by atoms with van der Waals surface area (Å²) >= 11 is 1.22. The minimum absolute atomic E-state index is 0.579. The lowest BCUT2D eigenvalue weighted by atomic mass is 11.1. The van der Waals surface area contributed by atoms with E-state index in [1.807, 2.05) is 0 Å². The Morgan fingerprint density at radius 2 is 2.50 bits per heavy atom. The minimum Gasteiger partial charge on any atom is -0.278 e. The third-order valence-corrected chi connectivity index (χ3v) is 1.75. The molecule has 0 aliphatic carbocycles. The van der Waals surface area contributed by atoms with Crippen LogP contribution in [-0.4, -0.2) is 5.18 Å². The van der Waals surface area contributed by atoms with Crippen LogP contribution in [0.25, 0.3) is 0 Å². The summed E-state index contributed by atoms with van der Waals surface area (Å²) in [5.74, 6) is 0. The van der Waals surface area contributed by atoms with Gasteiger partial charge in [-0.1, -0.05) is 9.39 Å². The van der Waals surface area contributed by atoms with Crippen LogP contribution in [0.1, 0.15) is 0 Å². The molecule has 2 atom stereocenters. The smallest absolute Gasteiger partial charge is 0.263 e. The molecule has 5 heteroatoms. The third kappa shape index (κ3) is 0.832. The monoisotopic (exact) mass is 124 g/mol. The van der Waals surface area contributed by atoms with Gasteiger partial charge in [0.25, 0.3) is 5.18 Å². The van der Waals surface area contributed by atoms with Crippen molar-refractivity contribution >= 4 is 21.4 Å². The summed E-state index contributed by atoms with van der Waals surface area (Å²) in [7, 11) is 2.27. The molecule has 2 unspecified atom stereocenters. The Morgan fingerprint density at radius 1 is 2.00 bits per heavy atom. The summed E-state index contributed by atoms with van der Waals surface area (Å²) in [6.45, 7) is 0. The molecule has 0 aromatic heterocycles. The van der Waals surface area contributed by atoms with E-state index in [2.05, 4.69) is 18.7 Å². The topological polar surface area (TPSA) is 50.6 Å². The third-order valence-electron chi connectivity index (χ3n) is 0.464. The maximum absolute atomic E-state index is 5.25. The van der Waals surface area contributed by atoms with E-state index in [-0.39, 0.29) is 0 Å². The first kappa shape index (κ1) is 4.81. The standard InChI is InChI=1S/CH5N2OPS/c2-1(3-5)4-6-1/h3H,2,5H2. The van der Waals surface area contributed by atoms with Gasteiger partial charge in [-0.15, -0.1) is 0 Å². The summed E-state index contributed by atoms with van der Waals surface area (Å²) < 4.78 is 4.61. The van der Waals surface area contributed by atoms with Crippen LogP contribution in [0.15, 0.2) is 0 Å².